The van der Waals surface area contributed by atoms with Crippen LogP contribution in [0, 0.1) is 0 Å². The average Bonchev–Trinajstić information content (AvgIpc) is 2.38. The third-order valence-corrected chi connectivity index (χ3v) is 2.64. The SMILES string of the molecule is COCCC(=O)Nc1cc(OC)c(C(=O)O)cc1Cl. The Labute approximate surface area is 115 Å². The molecule has 104 valence electrons. The molecule has 0 bridgehead atoms. The molecule has 0 heterocycles. The molecule has 6 nitrogen and oxygen atoms in total. The van der Waals surface area contributed by atoms with Gasteiger partial charge in [0.1, 0.15) is 11.3 Å². The molecule has 0 spiro atoms. The van der Waals surface area contributed by atoms with E-state index in [-0.39, 0.29) is 35.3 Å². The molecule has 0 saturated carbocycles. The molecule has 19 heavy (non-hydrogen) atoms. The fraction of sp³-hybridized carbons (Fsp3) is 0.333. The summed E-state index contributed by atoms with van der Waals surface area (Å²) >= 11 is 5.92. The Balaban J connectivity index is 2.96. The molecule has 0 unspecified atom stereocenters. The third kappa shape index (κ3) is 4.11. The van der Waals surface area contributed by atoms with E-state index in [9.17, 15) is 9.59 Å². The molecule has 1 aromatic carbocycles. The molecule has 0 aliphatic carbocycles. The summed E-state index contributed by atoms with van der Waals surface area (Å²) in [5.74, 6) is -1.32. The number of benzene rings is 1. The van der Waals surface area contributed by atoms with E-state index in [1.807, 2.05) is 0 Å². The number of aromatic carboxylic acids is 1. The summed E-state index contributed by atoms with van der Waals surface area (Å²) in [5.41, 5.74) is 0.229. The molecular formula is C12H14ClNO5. The van der Waals surface area contributed by atoms with E-state index >= 15 is 0 Å². The Kier molecular flexibility index (Phi) is 5.59. The number of carbonyl (C=O) groups is 2. The van der Waals surface area contributed by atoms with Crippen LogP contribution < -0.4 is 10.1 Å². The number of carboxylic acids is 1. The van der Waals surface area contributed by atoms with Crippen molar-refractivity contribution in [2.75, 3.05) is 26.1 Å². The topological polar surface area (TPSA) is 84.9 Å². The number of ether oxygens (including phenoxy) is 2. The molecule has 0 aliphatic rings. The lowest BCUT2D eigenvalue weighted by molar-refractivity contribution is -0.117. The minimum Gasteiger partial charge on any atom is -0.496 e. The van der Waals surface area contributed by atoms with Gasteiger partial charge in [0.15, 0.2) is 0 Å². The van der Waals surface area contributed by atoms with Crippen LogP contribution in [0.2, 0.25) is 5.02 Å². The van der Waals surface area contributed by atoms with Crippen molar-refractivity contribution in [2.24, 2.45) is 0 Å². The highest BCUT2D eigenvalue weighted by Crippen LogP contribution is 2.31. The normalized spacial score (nSPS) is 10.1. The number of methoxy groups -OCH3 is 2. The van der Waals surface area contributed by atoms with Crippen molar-refractivity contribution < 1.29 is 24.2 Å². The van der Waals surface area contributed by atoms with E-state index in [4.69, 9.17) is 26.2 Å². The number of nitrogens with one attached hydrogen (secondary N) is 1. The first kappa shape index (κ1) is 15.3. The van der Waals surface area contributed by atoms with Crippen molar-refractivity contribution in [3.63, 3.8) is 0 Å². The monoisotopic (exact) mass is 287 g/mol. The molecule has 0 radical (unpaired) electrons. The van der Waals surface area contributed by atoms with E-state index in [1.54, 1.807) is 0 Å². The lowest BCUT2D eigenvalue weighted by Gasteiger charge is -2.11. The maximum atomic E-state index is 11.5. The van der Waals surface area contributed by atoms with E-state index < -0.39 is 5.97 Å². The fourth-order valence-corrected chi connectivity index (χ4v) is 1.60. The van der Waals surface area contributed by atoms with Gasteiger partial charge in [0.05, 0.1) is 30.8 Å². The summed E-state index contributed by atoms with van der Waals surface area (Å²) in [6, 6.07) is 2.60. The first-order chi connectivity index (χ1) is 8.99. The average molecular weight is 288 g/mol. The van der Waals surface area contributed by atoms with Crippen molar-refractivity contribution in [1.29, 1.82) is 0 Å². The van der Waals surface area contributed by atoms with Crippen molar-refractivity contribution in [1.82, 2.24) is 0 Å². The van der Waals surface area contributed by atoms with Crippen molar-refractivity contribution >= 4 is 29.2 Å². The summed E-state index contributed by atoms with van der Waals surface area (Å²) in [4.78, 5) is 22.5. The van der Waals surface area contributed by atoms with Crippen LogP contribution >= 0.6 is 11.6 Å². The van der Waals surface area contributed by atoms with Gasteiger partial charge in [0, 0.05) is 13.2 Å². The zero-order valence-corrected chi connectivity index (χ0v) is 11.3. The molecule has 0 saturated heterocycles. The smallest absolute Gasteiger partial charge is 0.339 e. The summed E-state index contributed by atoms with van der Waals surface area (Å²) in [7, 11) is 2.83. The standard InChI is InChI=1S/C12H14ClNO5/c1-18-4-3-11(15)14-9-6-10(19-2)7(12(16)17)5-8(9)13/h5-6H,3-4H2,1-2H3,(H,14,15)(H,16,17). The maximum absolute atomic E-state index is 11.5. The molecule has 1 rings (SSSR count). The molecule has 1 amide bonds. The number of rotatable bonds is 6. The van der Waals surface area contributed by atoms with Crippen LogP contribution in [0.3, 0.4) is 0 Å². The lowest BCUT2D eigenvalue weighted by atomic mass is 10.1. The molecular weight excluding hydrogens is 274 g/mol. The van der Waals surface area contributed by atoms with Gasteiger partial charge in [-0.05, 0) is 6.07 Å². The van der Waals surface area contributed by atoms with Crippen LogP contribution in [-0.4, -0.2) is 37.8 Å². The van der Waals surface area contributed by atoms with Gasteiger partial charge >= 0.3 is 5.97 Å². The highest BCUT2D eigenvalue weighted by atomic mass is 35.5. The number of amides is 1. The van der Waals surface area contributed by atoms with Crippen LogP contribution in [0.1, 0.15) is 16.8 Å². The molecule has 0 aromatic heterocycles. The number of hydrogen-bond acceptors (Lipinski definition) is 4. The van der Waals surface area contributed by atoms with Crippen molar-refractivity contribution in [3.8, 4) is 5.75 Å². The highest BCUT2D eigenvalue weighted by molar-refractivity contribution is 6.34. The second kappa shape index (κ2) is 6.96. The van der Waals surface area contributed by atoms with Crippen molar-refractivity contribution in [2.45, 2.75) is 6.42 Å². The highest BCUT2D eigenvalue weighted by Gasteiger charge is 2.16. The van der Waals surface area contributed by atoms with E-state index in [0.29, 0.717) is 5.69 Å². The molecule has 2 N–H and O–H groups in total. The first-order valence-electron chi connectivity index (χ1n) is 5.39. The molecule has 0 atom stereocenters. The molecule has 0 fully saturated rings. The van der Waals surface area contributed by atoms with Gasteiger partial charge in [-0.25, -0.2) is 4.79 Å². The van der Waals surface area contributed by atoms with Gasteiger partial charge in [0.2, 0.25) is 5.91 Å². The zero-order valence-electron chi connectivity index (χ0n) is 10.5. The van der Waals surface area contributed by atoms with Crippen LogP contribution in [0.25, 0.3) is 0 Å². The number of hydrogen-bond donors (Lipinski definition) is 2. The maximum Gasteiger partial charge on any atom is 0.339 e. The minimum atomic E-state index is -1.16. The Hall–Kier alpha value is -1.79. The summed E-state index contributed by atoms with van der Waals surface area (Å²) in [5, 5.41) is 11.7. The Morgan fingerprint density at radius 1 is 1.37 bits per heavy atom. The molecule has 7 heteroatoms. The first-order valence-corrected chi connectivity index (χ1v) is 5.77. The van der Waals surface area contributed by atoms with Gasteiger partial charge in [-0.2, -0.15) is 0 Å². The predicted molar refractivity (Wildman–Crippen MR) is 70.1 cm³/mol. The van der Waals surface area contributed by atoms with Gasteiger partial charge in [-0.3, -0.25) is 4.79 Å². The van der Waals surface area contributed by atoms with Gasteiger partial charge < -0.3 is 19.9 Å². The summed E-state index contributed by atoms with van der Waals surface area (Å²) < 4.78 is 9.73. The Bertz CT molecular complexity index is 489. The van der Waals surface area contributed by atoms with E-state index in [1.165, 1.54) is 26.4 Å². The van der Waals surface area contributed by atoms with Crippen LogP contribution in [0.15, 0.2) is 12.1 Å². The number of halogens is 1. The lowest BCUT2D eigenvalue weighted by Crippen LogP contribution is -2.14. The number of carbonyl (C=O) groups excluding carboxylic acids is 1. The molecule has 0 aliphatic heterocycles. The van der Waals surface area contributed by atoms with E-state index in [2.05, 4.69) is 5.32 Å². The Morgan fingerprint density at radius 3 is 2.58 bits per heavy atom. The zero-order chi connectivity index (χ0) is 14.4. The number of carboxylic acid groups (broad SMARTS) is 1. The van der Waals surface area contributed by atoms with Crippen LogP contribution in [-0.2, 0) is 9.53 Å². The minimum absolute atomic E-state index is 0.0672. The van der Waals surface area contributed by atoms with Gasteiger partial charge in [-0.15, -0.1) is 0 Å². The third-order valence-electron chi connectivity index (χ3n) is 2.33. The second-order valence-electron chi connectivity index (χ2n) is 3.63. The molecule has 1 aromatic rings. The predicted octanol–water partition coefficient (Wildman–Crippen LogP) is 2.02. The van der Waals surface area contributed by atoms with Gasteiger partial charge in [-0.1, -0.05) is 11.6 Å². The quantitative estimate of drug-likeness (QED) is 0.836. The van der Waals surface area contributed by atoms with Crippen LogP contribution in [0.5, 0.6) is 5.75 Å². The second-order valence-corrected chi connectivity index (χ2v) is 4.04. The number of anilines is 1. The summed E-state index contributed by atoms with van der Waals surface area (Å²) in [6.45, 7) is 0.286. The van der Waals surface area contributed by atoms with Gasteiger partial charge in [0.25, 0.3) is 0 Å². The largest absolute Gasteiger partial charge is 0.496 e. The van der Waals surface area contributed by atoms with Crippen molar-refractivity contribution in [3.05, 3.63) is 22.7 Å². The fourth-order valence-electron chi connectivity index (χ4n) is 1.39. The van der Waals surface area contributed by atoms with E-state index in [0.717, 1.165) is 0 Å². The van der Waals surface area contributed by atoms with Crippen LogP contribution in [0.4, 0.5) is 5.69 Å². The summed E-state index contributed by atoms with van der Waals surface area (Å²) in [6.07, 6.45) is 0.176. The Morgan fingerprint density at radius 2 is 2.05 bits per heavy atom.